The molecule has 1 fully saturated rings. The Labute approximate surface area is 118 Å². The number of benzene rings is 1. The van der Waals surface area contributed by atoms with Gasteiger partial charge >= 0.3 is 0 Å². The lowest BCUT2D eigenvalue weighted by atomic mass is 10.0. The molecule has 0 bridgehead atoms. The summed E-state index contributed by atoms with van der Waals surface area (Å²) in [5, 5.41) is 10.2. The van der Waals surface area contributed by atoms with Crippen molar-refractivity contribution in [1.82, 2.24) is 4.90 Å². The highest BCUT2D eigenvalue weighted by molar-refractivity contribution is 6.30. The van der Waals surface area contributed by atoms with Crippen LogP contribution in [0.15, 0.2) is 23.8 Å². The maximum absolute atomic E-state index is 9.51. The van der Waals surface area contributed by atoms with E-state index in [-0.39, 0.29) is 6.10 Å². The minimum atomic E-state index is -0.118. The molecule has 3 nitrogen and oxygen atoms in total. The maximum atomic E-state index is 9.51. The summed E-state index contributed by atoms with van der Waals surface area (Å²) in [5.74, 6) is 0.905. The van der Waals surface area contributed by atoms with Crippen molar-refractivity contribution in [2.75, 3.05) is 26.2 Å². The number of fused-ring (bicyclic) bond motifs is 1. The number of hydrogen-bond acceptors (Lipinski definition) is 3. The average Bonchev–Trinajstić information content (AvgIpc) is 2.41. The monoisotopic (exact) mass is 279 g/mol. The second kappa shape index (κ2) is 5.53. The summed E-state index contributed by atoms with van der Waals surface area (Å²) in [7, 11) is 0. The van der Waals surface area contributed by atoms with Crippen LogP contribution in [0.3, 0.4) is 0 Å². The number of ether oxygens (including phenoxy) is 1. The third-order valence-electron chi connectivity index (χ3n) is 3.73. The first kappa shape index (κ1) is 13.0. The molecular formula is C15H18ClNO2. The van der Waals surface area contributed by atoms with Gasteiger partial charge in [0, 0.05) is 30.2 Å². The molecular weight excluding hydrogens is 262 g/mol. The topological polar surface area (TPSA) is 32.7 Å². The number of halogens is 1. The first-order valence-corrected chi connectivity index (χ1v) is 7.11. The molecule has 0 saturated carbocycles. The van der Waals surface area contributed by atoms with Crippen LogP contribution in [0.4, 0.5) is 0 Å². The first-order chi connectivity index (χ1) is 9.20. The minimum Gasteiger partial charge on any atom is -0.489 e. The van der Waals surface area contributed by atoms with E-state index in [1.54, 1.807) is 0 Å². The molecule has 3 rings (SSSR count). The Morgan fingerprint density at radius 2 is 2.11 bits per heavy atom. The van der Waals surface area contributed by atoms with Gasteiger partial charge in [-0.2, -0.15) is 0 Å². The fraction of sp³-hybridized carbons (Fsp3) is 0.467. The fourth-order valence-electron chi connectivity index (χ4n) is 2.65. The Kier molecular flexibility index (Phi) is 3.78. The second-order valence-corrected chi connectivity index (χ2v) is 5.72. The van der Waals surface area contributed by atoms with Crippen LogP contribution < -0.4 is 4.74 Å². The van der Waals surface area contributed by atoms with Crippen molar-refractivity contribution in [2.24, 2.45) is 0 Å². The van der Waals surface area contributed by atoms with Gasteiger partial charge in [-0.25, -0.2) is 0 Å². The minimum absolute atomic E-state index is 0.118. The van der Waals surface area contributed by atoms with Crippen LogP contribution in [0.2, 0.25) is 5.02 Å². The van der Waals surface area contributed by atoms with E-state index in [0.29, 0.717) is 6.61 Å². The molecule has 4 heteroatoms. The van der Waals surface area contributed by atoms with Crippen molar-refractivity contribution in [3.63, 3.8) is 0 Å². The largest absolute Gasteiger partial charge is 0.489 e. The molecule has 2 aliphatic rings. The third kappa shape index (κ3) is 3.11. The molecule has 0 spiro atoms. The lowest BCUT2D eigenvalue weighted by molar-refractivity contribution is 0.0859. The third-order valence-corrected chi connectivity index (χ3v) is 3.96. The maximum Gasteiger partial charge on any atom is 0.127 e. The summed E-state index contributed by atoms with van der Waals surface area (Å²) in [4.78, 5) is 2.37. The molecule has 2 aliphatic heterocycles. The van der Waals surface area contributed by atoms with Crippen molar-refractivity contribution in [1.29, 1.82) is 0 Å². The van der Waals surface area contributed by atoms with Crippen LogP contribution in [0.25, 0.3) is 6.08 Å². The van der Waals surface area contributed by atoms with Gasteiger partial charge in [0.15, 0.2) is 0 Å². The molecule has 0 atom stereocenters. The highest BCUT2D eigenvalue weighted by atomic mass is 35.5. The van der Waals surface area contributed by atoms with Crippen molar-refractivity contribution < 1.29 is 9.84 Å². The zero-order valence-electron chi connectivity index (χ0n) is 10.8. The normalized spacial score (nSPS) is 20.6. The van der Waals surface area contributed by atoms with Gasteiger partial charge in [0.1, 0.15) is 12.4 Å². The van der Waals surface area contributed by atoms with Crippen LogP contribution in [-0.4, -0.2) is 42.4 Å². The number of aliphatic hydroxyl groups is 1. The molecule has 1 aromatic rings. The summed E-state index contributed by atoms with van der Waals surface area (Å²) in [6.45, 7) is 3.48. The number of rotatable bonds is 2. The van der Waals surface area contributed by atoms with Gasteiger partial charge in [-0.05, 0) is 42.7 Å². The Bertz CT molecular complexity index is 493. The standard InChI is InChI=1S/C15H18ClNO2/c16-13-1-2-15-12(8-13)7-11(10-19-15)9-17-5-3-14(18)4-6-17/h1-2,7-8,14,18H,3-6,9-10H2. The number of nitrogens with zero attached hydrogens (tertiary/aromatic N) is 1. The summed E-state index contributed by atoms with van der Waals surface area (Å²) < 4.78 is 5.75. The predicted molar refractivity (Wildman–Crippen MR) is 76.6 cm³/mol. The van der Waals surface area contributed by atoms with Crippen molar-refractivity contribution in [3.8, 4) is 5.75 Å². The zero-order chi connectivity index (χ0) is 13.2. The number of hydrogen-bond donors (Lipinski definition) is 1. The Hall–Kier alpha value is -1.03. The Balaban J connectivity index is 1.69. The van der Waals surface area contributed by atoms with E-state index in [1.807, 2.05) is 18.2 Å². The smallest absolute Gasteiger partial charge is 0.127 e. The van der Waals surface area contributed by atoms with Crippen LogP contribution in [0, 0.1) is 0 Å². The van der Waals surface area contributed by atoms with E-state index in [4.69, 9.17) is 16.3 Å². The van der Waals surface area contributed by atoms with E-state index in [0.717, 1.165) is 48.8 Å². The molecule has 2 heterocycles. The number of likely N-dealkylation sites (tertiary alicyclic amines) is 1. The van der Waals surface area contributed by atoms with Crippen LogP contribution >= 0.6 is 11.6 Å². The van der Waals surface area contributed by atoms with E-state index >= 15 is 0 Å². The van der Waals surface area contributed by atoms with E-state index < -0.39 is 0 Å². The fourth-order valence-corrected chi connectivity index (χ4v) is 2.83. The molecule has 1 N–H and O–H groups in total. The van der Waals surface area contributed by atoms with Crippen molar-refractivity contribution >= 4 is 17.7 Å². The highest BCUT2D eigenvalue weighted by Crippen LogP contribution is 2.29. The SMILES string of the molecule is OC1CCN(CC2=Cc3cc(Cl)ccc3OC2)CC1. The van der Waals surface area contributed by atoms with Crippen LogP contribution in [-0.2, 0) is 0 Å². The molecule has 0 aliphatic carbocycles. The lowest BCUT2D eigenvalue weighted by Crippen LogP contribution is -2.37. The quantitative estimate of drug-likeness (QED) is 0.903. The van der Waals surface area contributed by atoms with Crippen molar-refractivity contribution in [2.45, 2.75) is 18.9 Å². The Morgan fingerprint density at radius 3 is 2.89 bits per heavy atom. The first-order valence-electron chi connectivity index (χ1n) is 6.73. The molecule has 0 aromatic heterocycles. The van der Waals surface area contributed by atoms with Gasteiger partial charge in [-0.15, -0.1) is 0 Å². The zero-order valence-corrected chi connectivity index (χ0v) is 11.6. The molecule has 19 heavy (non-hydrogen) atoms. The van der Waals surface area contributed by atoms with E-state index in [1.165, 1.54) is 5.57 Å². The van der Waals surface area contributed by atoms with E-state index in [9.17, 15) is 5.11 Å². The molecule has 0 radical (unpaired) electrons. The van der Waals surface area contributed by atoms with Gasteiger partial charge < -0.3 is 9.84 Å². The molecule has 102 valence electrons. The number of piperidine rings is 1. The van der Waals surface area contributed by atoms with Crippen molar-refractivity contribution in [3.05, 3.63) is 34.4 Å². The summed E-state index contributed by atoms with van der Waals surface area (Å²) >= 11 is 6.01. The highest BCUT2D eigenvalue weighted by Gasteiger charge is 2.19. The second-order valence-electron chi connectivity index (χ2n) is 5.28. The van der Waals surface area contributed by atoms with Gasteiger partial charge in [-0.1, -0.05) is 11.6 Å². The molecule has 1 saturated heterocycles. The van der Waals surface area contributed by atoms with Crippen LogP contribution in [0.1, 0.15) is 18.4 Å². The lowest BCUT2D eigenvalue weighted by Gasteiger charge is -2.31. The van der Waals surface area contributed by atoms with Gasteiger partial charge in [-0.3, -0.25) is 4.90 Å². The van der Waals surface area contributed by atoms with Gasteiger partial charge in [0.25, 0.3) is 0 Å². The molecule has 1 aromatic carbocycles. The number of aliphatic hydroxyl groups excluding tert-OH is 1. The van der Waals surface area contributed by atoms with Crippen LogP contribution in [0.5, 0.6) is 5.75 Å². The summed E-state index contributed by atoms with van der Waals surface area (Å²) in [6.07, 6.45) is 3.80. The predicted octanol–water partition coefficient (Wildman–Crippen LogP) is 2.57. The summed E-state index contributed by atoms with van der Waals surface area (Å²) in [6, 6.07) is 5.71. The van der Waals surface area contributed by atoms with E-state index in [2.05, 4.69) is 11.0 Å². The van der Waals surface area contributed by atoms with Gasteiger partial charge in [0.05, 0.1) is 6.10 Å². The molecule has 0 unspecified atom stereocenters. The Morgan fingerprint density at radius 1 is 1.32 bits per heavy atom. The average molecular weight is 280 g/mol. The van der Waals surface area contributed by atoms with Gasteiger partial charge in [0.2, 0.25) is 0 Å². The summed E-state index contributed by atoms with van der Waals surface area (Å²) in [5.41, 5.74) is 2.33. The molecule has 0 amide bonds.